The third kappa shape index (κ3) is 1.32. The summed E-state index contributed by atoms with van der Waals surface area (Å²) in [7, 11) is 0. The maximum Gasteiger partial charge on any atom is 0.239 e. The third-order valence-corrected chi connectivity index (χ3v) is 2.62. The fourth-order valence-electron chi connectivity index (χ4n) is 1.91. The van der Waals surface area contributed by atoms with Crippen LogP contribution in [0.15, 0.2) is 24.3 Å². The second-order valence-corrected chi connectivity index (χ2v) is 3.64. The highest BCUT2D eigenvalue weighted by Crippen LogP contribution is 2.32. The van der Waals surface area contributed by atoms with E-state index in [1.165, 1.54) is 5.56 Å². The number of hydrogen-bond acceptors (Lipinski definition) is 4. The summed E-state index contributed by atoms with van der Waals surface area (Å²) in [5, 5.41) is 10.0. The number of rotatable bonds is 1. The second-order valence-electron chi connectivity index (χ2n) is 3.64. The molecule has 76 valence electrons. The van der Waals surface area contributed by atoms with Crippen molar-refractivity contribution in [3.8, 4) is 0 Å². The highest BCUT2D eigenvalue weighted by molar-refractivity contribution is 5.57. The largest absolute Gasteiger partial charge is 0.375 e. The molecular weight excluding hydrogens is 190 g/mol. The Hall–Kier alpha value is -2.04. The predicted molar refractivity (Wildman–Crippen MR) is 57.3 cm³/mol. The Morgan fingerprint density at radius 2 is 2.20 bits per heavy atom. The molecule has 2 aromatic rings. The van der Waals surface area contributed by atoms with Crippen molar-refractivity contribution in [1.29, 1.82) is 0 Å². The van der Waals surface area contributed by atoms with E-state index in [0.29, 0.717) is 5.95 Å². The molecule has 15 heavy (non-hydrogen) atoms. The molecule has 0 radical (unpaired) electrons. The number of nitrogens with one attached hydrogen (secondary N) is 2. The number of benzene rings is 1. The van der Waals surface area contributed by atoms with E-state index >= 15 is 0 Å². The minimum atomic E-state index is 0.159. The van der Waals surface area contributed by atoms with Crippen LogP contribution < -0.4 is 11.1 Å². The van der Waals surface area contributed by atoms with Gasteiger partial charge in [-0.15, -0.1) is 5.10 Å². The van der Waals surface area contributed by atoms with Gasteiger partial charge in [0, 0.05) is 12.1 Å². The average Bonchev–Trinajstić information content (AvgIpc) is 2.82. The fraction of sp³-hybridized carbons (Fsp3) is 0.200. The second kappa shape index (κ2) is 2.98. The molecule has 1 aliphatic rings. The lowest BCUT2D eigenvalue weighted by Gasteiger charge is -2.05. The van der Waals surface area contributed by atoms with Gasteiger partial charge in [-0.05, 0) is 11.6 Å². The lowest BCUT2D eigenvalue weighted by molar-refractivity contribution is 0.753. The number of aromatic nitrogens is 3. The normalized spacial score (nSPS) is 18.5. The van der Waals surface area contributed by atoms with E-state index < -0.39 is 0 Å². The van der Waals surface area contributed by atoms with Crippen molar-refractivity contribution in [3.05, 3.63) is 35.7 Å². The smallest absolute Gasteiger partial charge is 0.239 e. The molecule has 5 heteroatoms. The summed E-state index contributed by atoms with van der Waals surface area (Å²) in [4.78, 5) is 4.12. The van der Waals surface area contributed by atoms with E-state index in [-0.39, 0.29) is 6.04 Å². The molecule has 1 atom stereocenters. The molecular formula is C10H11N5. The zero-order valence-corrected chi connectivity index (χ0v) is 8.07. The van der Waals surface area contributed by atoms with Gasteiger partial charge < -0.3 is 11.1 Å². The molecule has 4 N–H and O–H groups in total. The van der Waals surface area contributed by atoms with Crippen LogP contribution in [-0.2, 0) is 6.42 Å². The number of fused-ring (bicyclic) bond motifs is 1. The molecule has 1 aromatic carbocycles. The molecule has 0 spiro atoms. The fourth-order valence-corrected chi connectivity index (χ4v) is 1.91. The van der Waals surface area contributed by atoms with Gasteiger partial charge in [0.15, 0.2) is 0 Å². The zero-order valence-electron chi connectivity index (χ0n) is 8.07. The van der Waals surface area contributed by atoms with Crippen molar-refractivity contribution >= 4 is 11.6 Å². The first kappa shape index (κ1) is 8.28. The SMILES string of the molecule is Nc1n[nH]c([C@@H]2Cc3ccccc3N2)n1. The van der Waals surface area contributed by atoms with Crippen LogP contribution in [0.4, 0.5) is 11.6 Å². The number of nitrogens with zero attached hydrogens (tertiary/aromatic N) is 2. The van der Waals surface area contributed by atoms with Crippen molar-refractivity contribution in [2.24, 2.45) is 0 Å². The molecule has 0 bridgehead atoms. The van der Waals surface area contributed by atoms with Crippen LogP contribution >= 0.6 is 0 Å². The van der Waals surface area contributed by atoms with Crippen LogP contribution in [0.5, 0.6) is 0 Å². The average molecular weight is 201 g/mol. The van der Waals surface area contributed by atoms with Crippen molar-refractivity contribution in [2.75, 3.05) is 11.1 Å². The molecule has 0 saturated heterocycles. The molecule has 1 aliphatic heterocycles. The number of nitrogens with two attached hydrogens (primary N) is 1. The van der Waals surface area contributed by atoms with Crippen molar-refractivity contribution in [2.45, 2.75) is 12.5 Å². The summed E-state index contributed by atoms with van der Waals surface area (Å²) < 4.78 is 0. The molecule has 2 heterocycles. The maximum atomic E-state index is 5.47. The highest BCUT2D eigenvalue weighted by atomic mass is 15.3. The predicted octanol–water partition coefficient (Wildman–Crippen LogP) is 1.10. The van der Waals surface area contributed by atoms with Gasteiger partial charge in [0.2, 0.25) is 5.95 Å². The molecule has 0 saturated carbocycles. The van der Waals surface area contributed by atoms with E-state index in [1.54, 1.807) is 0 Å². The number of H-pyrrole nitrogens is 1. The topological polar surface area (TPSA) is 79.6 Å². The first-order valence-electron chi connectivity index (χ1n) is 4.85. The van der Waals surface area contributed by atoms with Gasteiger partial charge in [0.05, 0.1) is 6.04 Å². The number of nitrogen functional groups attached to an aromatic ring is 1. The Labute approximate surface area is 86.7 Å². The standard InChI is InChI=1S/C10H11N5/c11-10-13-9(14-15-10)8-5-6-3-1-2-4-7(6)12-8/h1-4,8,12H,5H2,(H3,11,13,14,15)/t8-/m0/s1. The lowest BCUT2D eigenvalue weighted by Crippen LogP contribution is -2.07. The number of hydrogen-bond donors (Lipinski definition) is 3. The number of para-hydroxylation sites is 1. The van der Waals surface area contributed by atoms with Gasteiger partial charge in [0.25, 0.3) is 0 Å². The van der Waals surface area contributed by atoms with Gasteiger partial charge in [-0.1, -0.05) is 18.2 Å². The first-order valence-corrected chi connectivity index (χ1v) is 4.85. The number of aromatic amines is 1. The first-order chi connectivity index (χ1) is 7.33. The molecule has 0 unspecified atom stereocenters. The van der Waals surface area contributed by atoms with Crippen LogP contribution in [0, 0.1) is 0 Å². The summed E-state index contributed by atoms with van der Waals surface area (Å²) in [5.41, 5.74) is 7.94. The van der Waals surface area contributed by atoms with Crippen LogP contribution in [0.2, 0.25) is 0 Å². The summed E-state index contributed by atoms with van der Waals surface area (Å²) >= 11 is 0. The van der Waals surface area contributed by atoms with Gasteiger partial charge in [-0.2, -0.15) is 4.98 Å². The van der Waals surface area contributed by atoms with Crippen LogP contribution in [0.1, 0.15) is 17.4 Å². The summed E-state index contributed by atoms with van der Waals surface area (Å²) in [6.07, 6.45) is 0.921. The van der Waals surface area contributed by atoms with E-state index in [0.717, 1.165) is 17.9 Å². The van der Waals surface area contributed by atoms with E-state index in [4.69, 9.17) is 5.73 Å². The Kier molecular flexibility index (Phi) is 1.65. The van der Waals surface area contributed by atoms with E-state index in [1.807, 2.05) is 12.1 Å². The monoisotopic (exact) mass is 201 g/mol. The minimum Gasteiger partial charge on any atom is -0.375 e. The molecule has 3 rings (SSSR count). The van der Waals surface area contributed by atoms with Crippen molar-refractivity contribution in [3.63, 3.8) is 0 Å². The molecule has 1 aromatic heterocycles. The summed E-state index contributed by atoms with van der Waals surface area (Å²) in [5.74, 6) is 1.09. The Morgan fingerprint density at radius 1 is 1.33 bits per heavy atom. The van der Waals surface area contributed by atoms with E-state index in [2.05, 4.69) is 32.6 Å². The van der Waals surface area contributed by atoms with Crippen LogP contribution in [-0.4, -0.2) is 15.2 Å². The Balaban J connectivity index is 1.90. The number of anilines is 2. The summed E-state index contributed by atoms with van der Waals surface area (Å²) in [6.45, 7) is 0. The quantitative estimate of drug-likeness (QED) is 0.645. The lowest BCUT2D eigenvalue weighted by atomic mass is 10.1. The third-order valence-electron chi connectivity index (χ3n) is 2.62. The highest BCUT2D eigenvalue weighted by Gasteiger charge is 2.23. The van der Waals surface area contributed by atoms with Crippen LogP contribution in [0.25, 0.3) is 0 Å². The maximum absolute atomic E-state index is 5.47. The molecule has 5 nitrogen and oxygen atoms in total. The van der Waals surface area contributed by atoms with Crippen molar-refractivity contribution < 1.29 is 0 Å². The van der Waals surface area contributed by atoms with E-state index in [9.17, 15) is 0 Å². The van der Waals surface area contributed by atoms with Gasteiger partial charge >= 0.3 is 0 Å². The summed E-state index contributed by atoms with van der Waals surface area (Å²) in [6, 6.07) is 8.39. The van der Waals surface area contributed by atoms with Crippen molar-refractivity contribution in [1.82, 2.24) is 15.2 Å². The van der Waals surface area contributed by atoms with Gasteiger partial charge in [-0.3, -0.25) is 5.10 Å². The van der Waals surface area contributed by atoms with Gasteiger partial charge in [-0.25, -0.2) is 0 Å². The van der Waals surface area contributed by atoms with Crippen LogP contribution in [0.3, 0.4) is 0 Å². The Bertz CT molecular complexity index is 465. The molecule has 0 fully saturated rings. The Morgan fingerprint density at radius 3 is 2.93 bits per heavy atom. The zero-order chi connectivity index (χ0) is 10.3. The minimum absolute atomic E-state index is 0.159. The molecule has 0 amide bonds. The van der Waals surface area contributed by atoms with Gasteiger partial charge in [0.1, 0.15) is 5.82 Å². The molecule has 0 aliphatic carbocycles.